The lowest BCUT2D eigenvalue weighted by molar-refractivity contribution is -0.124. The predicted molar refractivity (Wildman–Crippen MR) is 179 cm³/mol. The Bertz CT molecular complexity index is 1550. The van der Waals surface area contributed by atoms with E-state index < -0.39 is 14.5 Å². The average Bonchev–Trinajstić information content (AvgIpc) is 3.43. The van der Waals surface area contributed by atoms with Gasteiger partial charge in [-0.15, -0.1) is 17.8 Å². The van der Waals surface area contributed by atoms with Crippen molar-refractivity contribution in [1.82, 2.24) is 4.98 Å². The summed E-state index contributed by atoms with van der Waals surface area (Å²) in [6, 6.07) is 27.4. The number of anilines is 1. The van der Waals surface area contributed by atoms with E-state index in [-0.39, 0.29) is 17.2 Å². The molecular weight excluding hydrogens is 620 g/mol. The number of rotatable bonds is 9. The van der Waals surface area contributed by atoms with Crippen LogP contribution in [0.15, 0.2) is 88.7 Å². The van der Waals surface area contributed by atoms with Crippen molar-refractivity contribution < 1.29 is 9.22 Å². The van der Waals surface area contributed by atoms with Crippen LogP contribution in [0.3, 0.4) is 0 Å². The number of nitrogens with one attached hydrogen (secondary N) is 1. The first-order valence-corrected chi connectivity index (χ1v) is 17.3. The highest BCUT2D eigenvalue weighted by molar-refractivity contribution is 9.10. The fourth-order valence-electron chi connectivity index (χ4n) is 5.19. The Labute approximate surface area is 263 Å². The van der Waals surface area contributed by atoms with E-state index in [2.05, 4.69) is 96.5 Å². The van der Waals surface area contributed by atoms with Crippen LogP contribution >= 0.6 is 27.3 Å². The summed E-state index contributed by atoms with van der Waals surface area (Å²) in [6.07, 6.45) is 7.60. The highest BCUT2D eigenvalue weighted by atomic mass is 79.9. The summed E-state index contributed by atoms with van der Waals surface area (Å²) in [5.74, 6) is 3.26. The minimum atomic E-state index is -1.38. The summed E-state index contributed by atoms with van der Waals surface area (Å²) in [5.41, 5.74) is 2.50. The molecule has 1 saturated carbocycles. The van der Waals surface area contributed by atoms with Crippen LogP contribution in [0.5, 0.6) is 0 Å². The lowest BCUT2D eigenvalue weighted by Gasteiger charge is -2.34. The number of amides is 1. The van der Waals surface area contributed by atoms with Gasteiger partial charge in [0.25, 0.3) is 9.04 Å². The molecule has 42 heavy (non-hydrogen) atoms. The minimum absolute atomic E-state index is 0.0181. The zero-order valence-electron chi connectivity index (χ0n) is 24.5. The van der Waals surface area contributed by atoms with Gasteiger partial charge in [-0.1, -0.05) is 109 Å². The lowest BCUT2D eigenvalue weighted by atomic mass is 9.75. The molecule has 4 nitrogen and oxygen atoms in total. The molecule has 4 aromatic rings. The molecule has 5 rings (SSSR count). The lowest BCUT2D eigenvalue weighted by Crippen LogP contribution is -2.47. The van der Waals surface area contributed by atoms with Crippen LogP contribution in [-0.4, -0.2) is 26.5 Å². The van der Waals surface area contributed by atoms with Gasteiger partial charge in [0, 0.05) is 22.4 Å². The summed E-state index contributed by atoms with van der Waals surface area (Å²) in [7, 11) is -1.38. The first-order valence-electron chi connectivity index (χ1n) is 14.2. The maximum absolute atomic E-state index is 13.0. The number of nitrogens with zero attached hydrogens (tertiary/aromatic N) is 1. The first kappa shape index (κ1) is 30.4. The molecule has 1 fully saturated rings. The summed E-state index contributed by atoms with van der Waals surface area (Å²) in [4.78, 5) is 17.8. The van der Waals surface area contributed by atoms with E-state index in [1.165, 1.54) is 27.3 Å². The second-order valence-corrected chi connectivity index (χ2v) is 16.0. The fraction of sp³-hybridized carbons (Fsp3) is 0.314. The Morgan fingerprint density at radius 1 is 1.00 bits per heavy atom. The molecule has 0 aliphatic heterocycles. The van der Waals surface area contributed by atoms with Crippen LogP contribution in [-0.2, 0) is 20.1 Å². The zero-order valence-corrected chi connectivity index (χ0v) is 27.9. The zero-order chi connectivity index (χ0) is 29.9. The van der Waals surface area contributed by atoms with Gasteiger partial charge in [-0.2, -0.15) is 0 Å². The molecule has 1 radical (unpaired) electrons. The smallest absolute Gasteiger partial charge is 0.282 e. The monoisotopic (exact) mass is 655 g/mol. The topological polar surface area (TPSA) is 51.2 Å². The molecule has 1 aliphatic rings. The van der Waals surface area contributed by atoms with Gasteiger partial charge in [-0.25, -0.2) is 4.98 Å². The third-order valence-electron chi connectivity index (χ3n) is 8.08. The normalized spacial score (nSPS) is 18.1. The highest BCUT2D eigenvalue weighted by Gasteiger charge is 2.36. The minimum Gasteiger partial charge on any atom is -0.407 e. The van der Waals surface area contributed by atoms with Crippen molar-refractivity contribution in [2.75, 3.05) is 11.9 Å². The van der Waals surface area contributed by atoms with Crippen molar-refractivity contribution in [3.05, 3.63) is 106 Å². The Morgan fingerprint density at radius 2 is 1.62 bits per heavy atom. The second-order valence-electron chi connectivity index (χ2n) is 12.2. The van der Waals surface area contributed by atoms with E-state index in [1.54, 1.807) is 0 Å². The average molecular weight is 657 g/mol. The van der Waals surface area contributed by atoms with Gasteiger partial charge in [0.2, 0.25) is 5.91 Å². The molecule has 1 unspecified atom stereocenters. The first-order chi connectivity index (χ1) is 20.1. The SMILES string of the molecule is C#CC(C)(c1ccc(Br)cc1)c1csc(NC(=O)C2CC(CO[Si](c3ccccc3)c3ccc(C(C)(C)C)cc3)C2)n1. The van der Waals surface area contributed by atoms with E-state index in [0.29, 0.717) is 17.7 Å². The molecule has 3 aromatic carbocycles. The van der Waals surface area contributed by atoms with Crippen LogP contribution in [0, 0.1) is 24.2 Å². The van der Waals surface area contributed by atoms with Crippen molar-refractivity contribution in [3.8, 4) is 12.3 Å². The maximum atomic E-state index is 13.0. The van der Waals surface area contributed by atoms with E-state index >= 15 is 0 Å². The van der Waals surface area contributed by atoms with Gasteiger partial charge in [0.15, 0.2) is 5.13 Å². The second kappa shape index (κ2) is 12.7. The number of terminal acetylenes is 1. The van der Waals surface area contributed by atoms with Crippen molar-refractivity contribution in [3.63, 3.8) is 0 Å². The van der Waals surface area contributed by atoms with Crippen molar-refractivity contribution >= 4 is 57.7 Å². The third-order valence-corrected chi connectivity index (χ3v) is 11.5. The molecule has 7 heteroatoms. The molecule has 215 valence electrons. The fourth-order valence-corrected chi connectivity index (χ4v) is 8.31. The van der Waals surface area contributed by atoms with Crippen molar-refractivity contribution in [2.45, 2.75) is 51.4 Å². The molecule has 1 aromatic heterocycles. The number of aromatic nitrogens is 1. The van der Waals surface area contributed by atoms with Crippen molar-refractivity contribution in [2.24, 2.45) is 11.8 Å². The molecule has 1 N–H and O–H groups in total. The largest absolute Gasteiger partial charge is 0.407 e. The van der Waals surface area contributed by atoms with E-state index in [1.807, 2.05) is 42.6 Å². The van der Waals surface area contributed by atoms with Gasteiger partial charge >= 0.3 is 0 Å². The van der Waals surface area contributed by atoms with Gasteiger partial charge in [-0.05, 0) is 64.7 Å². The standard InChI is InChI=1S/C35H36BrN2O2SSi/c1-6-35(5,27-12-16-28(36)17-13-27)31-23-41-33(37-31)38-32(39)25-20-24(21-25)22-40-42(29-10-8-7-9-11-29)30-18-14-26(15-19-30)34(2,3)4/h1,7-19,23-25H,20-22H2,2-5H3,(H,37,38,39). The maximum Gasteiger partial charge on any atom is 0.282 e. The van der Waals surface area contributed by atoms with E-state index in [4.69, 9.17) is 15.8 Å². The van der Waals surface area contributed by atoms with Gasteiger partial charge < -0.3 is 9.74 Å². The molecule has 1 atom stereocenters. The van der Waals surface area contributed by atoms with E-state index in [0.717, 1.165) is 28.6 Å². The van der Waals surface area contributed by atoms with Crippen LogP contribution in [0.1, 0.15) is 57.4 Å². The molecular formula is C35H36BrN2O2SSi. The number of hydrogen-bond donors (Lipinski definition) is 1. The quantitative estimate of drug-likeness (QED) is 0.157. The van der Waals surface area contributed by atoms with Crippen molar-refractivity contribution in [1.29, 1.82) is 0 Å². The predicted octanol–water partition coefficient (Wildman–Crippen LogP) is 6.93. The van der Waals surface area contributed by atoms with Gasteiger partial charge in [0.1, 0.15) is 0 Å². The number of halogens is 1. The number of hydrogen-bond acceptors (Lipinski definition) is 4. The molecule has 1 heterocycles. The number of thiazole rings is 1. The molecule has 1 amide bonds. The number of carbonyl (C=O) groups is 1. The summed E-state index contributed by atoms with van der Waals surface area (Å²) in [6.45, 7) is 9.34. The highest BCUT2D eigenvalue weighted by Crippen LogP contribution is 2.37. The Balaban J connectivity index is 1.18. The summed E-state index contributed by atoms with van der Waals surface area (Å²) < 4.78 is 7.62. The summed E-state index contributed by atoms with van der Waals surface area (Å²) in [5, 5.41) is 8.04. The third kappa shape index (κ3) is 6.79. The van der Waals surface area contributed by atoms with Gasteiger partial charge in [0.05, 0.1) is 11.1 Å². The Kier molecular flexibility index (Phi) is 9.19. The summed E-state index contributed by atoms with van der Waals surface area (Å²) >= 11 is 4.89. The van der Waals surface area contributed by atoms with Crippen LogP contribution < -0.4 is 15.7 Å². The number of benzene rings is 3. The Hall–Kier alpha value is -3.02. The Morgan fingerprint density at radius 3 is 2.24 bits per heavy atom. The molecule has 0 bridgehead atoms. The molecule has 0 saturated heterocycles. The molecule has 0 spiro atoms. The van der Waals surface area contributed by atoms with Crippen LogP contribution in [0.4, 0.5) is 5.13 Å². The van der Waals surface area contributed by atoms with E-state index in [9.17, 15) is 4.79 Å². The van der Waals surface area contributed by atoms with Crippen LogP contribution in [0.2, 0.25) is 0 Å². The van der Waals surface area contributed by atoms with Gasteiger partial charge in [-0.3, -0.25) is 4.79 Å². The van der Waals surface area contributed by atoms with Crippen LogP contribution in [0.25, 0.3) is 0 Å². The molecule has 1 aliphatic carbocycles. The number of carbonyl (C=O) groups excluding carboxylic acids is 1.